The van der Waals surface area contributed by atoms with Gasteiger partial charge in [-0.25, -0.2) is 0 Å². The van der Waals surface area contributed by atoms with Crippen molar-refractivity contribution in [2.45, 2.75) is 65.0 Å². The summed E-state index contributed by atoms with van der Waals surface area (Å²) in [5, 5.41) is 7.93. The second-order valence-electron chi connectivity index (χ2n) is 9.62. The summed E-state index contributed by atoms with van der Waals surface area (Å²) in [7, 11) is 0. The second kappa shape index (κ2) is 13.9. The topological polar surface area (TPSA) is 153 Å². The van der Waals surface area contributed by atoms with Gasteiger partial charge in [-0.15, -0.1) is 10.2 Å². The number of ether oxygens (including phenoxy) is 5. The van der Waals surface area contributed by atoms with Crippen LogP contribution in [0.1, 0.15) is 51.7 Å². The molecule has 1 saturated heterocycles. The van der Waals surface area contributed by atoms with Crippen LogP contribution >= 0.6 is 0 Å². The van der Waals surface area contributed by atoms with Gasteiger partial charge >= 0.3 is 23.9 Å². The molecule has 12 heteroatoms. The smallest absolute Gasteiger partial charge is 0.315 e. The van der Waals surface area contributed by atoms with Crippen LogP contribution in [0.5, 0.6) is 0 Å². The Hall–Kier alpha value is -4.58. The molecule has 0 amide bonds. The summed E-state index contributed by atoms with van der Waals surface area (Å²) in [4.78, 5) is 47.0. The third-order valence-electron chi connectivity index (χ3n) is 6.34. The van der Waals surface area contributed by atoms with E-state index < -0.39 is 48.3 Å². The summed E-state index contributed by atoms with van der Waals surface area (Å²) in [6.45, 7) is 5.78. The minimum Gasteiger partial charge on any atom is -0.466 e. The molecule has 4 atom stereocenters. The van der Waals surface area contributed by atoms with Crippen molar-refractivity contribution in [2.24, 2.45) is 0 Å². The molecule has 2 aromatic carbocycles. The molecule has 0 aliphatic carbocycles. The van der Waals surface area contributed by atoms with Gasteiger partial charge in [0, 0.05) is 32.8 Å². The van der Waals surface area contributed by atoms with E-state index in [-0.39, 0.29) is 37.8 Å². The van der Waals surface area contributed by atoms with Gasteiger partial charge in [0.2, 0.25) is 11.8 Å². The van der Waals surface area contributed by atoms with Crippen molar-refractivity contribution >= 4 is 23.9 Å². The number of benzene rings is 2. The van der Waals surface area contributed by atoms with E-state index in [1.807, 2.05) is 48.5 Å². The van der Waals surface area contributed by atoms with Gasteiger partial charge in [-0.2, -0.15) is 0 Å². The quantitative estimate of drug-likeness (QED) is 0.253. The van der Waals surface area contributed by atoms with E-state index in [1.165, 1.54) is 20.8 Å². The minimum atomic E-state index is -0.918. The van der Waals surface area contributed by atoms with Crippen LogP contribution in [-0.4, -0.2) is 65.6 Å². The summed E-state index contributed by atoms with van der Waals surface area (Å²) in [6.07, 6.45) is -3.05. The van der Waals surface area contributed by atoms with E-state index in [0.29, 0.717) is 11.1 Å². The lowest BCUT2D eigenvalue weighted by Crippen LogP contribution is -2.48. The lowest BCUT2D eigenvalue weighted by Gasteiger charge is -2.40. The van der Waals surface area contributed by atoms with Crippen molar-refractivity contribution in [3.63, 3.8) is 0 Å². The van der Waals surface area contributed by atoms with Crippen LogP contribution in [0.25, 0.3) is 22.6 Å². The molecule has 1 aliphatic rings. The van der Waals surface area contributed by atoms with Crippen molar-refractivity contribution in [2.75, 3.05) is 13.2 Å². The predicted octanol–water partition coefficient (Wildman–Crippen LogP) is 3.77. The van der Waals surface area contributed by atoms with Gasteiger partial charge in [0.05, 0.1) is 12.7 Å². The van der Waals surface area contributed by atoms with E-state index in [1.54, 1.807) is 6.92 Å². The van der Waals surface area contributed by atoms with Gasteiger partial charge < -0.3 is 28.1 Å². The van der Waals surface area contributed by atoms with Gasteiger partial charge in [-0.05, 0) is 41.8 Å². The van der Waals surface area contributed by atoms with Crippen molar-refractivity contribution in [3.05, 3.63) is 60.0 Å². The Morgan fingerprint density at radius 2 is 1.57 bits per heavy atom. The number of hydrogen-bond acceptors (Lipinski definition) is 12. The molecular formula is C30H32N2O10. The zero-order valence-electron chi connectivity index (χ0n) is 23.7. The van der Waals surface area contributed by atoms with Crippen molar-refractivity contribution in [3.8, 4) is 22.6 Å². The first-order valence-corrected chi connectivity index (χ1v) is 13.4. The molecule has 12 nitrogen and oxygen atoms in total. The molecule has 2 heterocycles. The fourth-order valence-electron chi connectivity index (χ4n) is 4.65. The number of carbonyl (C=O) groups is 4. The molecule has 222 valence electrons. The van der Waals surface area contributed by atoms with Gasteiger partial charge in [0.1, 0.15) is 25.2 Å². The van der Waals surface area contributed by atoms with Crippen LogP contribution in [0.15, 0.2) is 52.9 Å². The zero-order chi connectivity index (χ0) is 30.2. The molecule has 0 N–H and O–H groups in total. The standard InChI is InChI=1S/C30H32N2O10/c1-5-37-27(36)15-26-31-32-30(42-26)21-11-9-20(10-12-21)22-7-6-8-23(13-22)28-29(40-19(4)35)25(39-18(3)34)14-24(41-28)16-38-17(2)33/h6-13,24-25,28-29H,5,14-16H2,1-4H3. The SMILES string of the molecule is CCOC(=O)Cc1nnc(-c2ccc(-c3cccc(C4OC(COC(C)=O)CC(OC(C)=O)C4OC(C)=O)c3)cc2)o1. The lowest BCUT2D eigenvalue weighted by molar-refractivity contribution is -0.214. The van der Waals surface area contributed by atoms with Gasteiger partial charge in [-0.1, -0.05) is 30.3 Å². The van der Waals surface area contributed by atoms with E-state index >= 15 is 0 Å². The summed E-state index contributed by atoms with van der Waals surface area (Å²) < 4.78 is 33.0. The highest BCUT2D eigenvalue weighted by molar-refractivity contribution is 5.72. The third-order valence-corrected chi connectivity index (χ3v) is 6.34. The largest absolute Gasteiger partial charge is 0.466 e. The molecule has 1 fully saturated rings. The molecule has 0 bridgehead atoms. The monoisotopic (exact) mass is 580 g/mol. The Morgan fingerprint density at radius 1 is 0.857 bits per heavy atom. The maximum atomic E-state index is 12.0. The van der Waals surface area contributed by atoms with Gasteiger partial charge in [0.25, 0.3) is 0 Å². The van der Waals surface area contributed by atoms with Crippen LogP contribution in [0.4, 0.5) is 0 Å². The Labute approximate surface area is 242 Å². The Bertz CT molecular complexity index is 1420. The van der Waals surface area contributed by atoms with Crippen LogP contribution in [-0.2, 0) is 49.3 Å². The fraction of sp³-hybridized carbons (Fsp3) is 0.400. The first-order chi connectivity index (χ1) is 20.1. The maximum Gasteiger partial charge on any atom is 0.315 e. The fourth-order valence-corrected chi connectivity index (χ4v) is 4.65. The summed E-state index contributed by atoms with van der Waals surface area (Å²) >= 11 is 0. The predicted molar refractivity (Wildman–Crippen MR) is 145 cm³/mol. The highest BCUT2D eigenvalue weighted by atomic mass is 16.6. The average Bonchev–Trinajstić information content (AvgIpc) is 3.41. The molecule has 0 spiro atoms. The molecule has 3 aromatic rings. The Balaban J connectivity index is 1.58. The Morgan fingerprint density at radius 3 is 2.24 bits per heavy atom. The number of hydrogen-bond donors (Lipinski definition) is 0. The molecule has 42 heavy (non-hydrogen) atoms. The van der Waals surface area contributed by atoms with Crippen molar-refractivity contribution in [1.82, 2.24) is 10.2 Å². The van der Waals surface area contributed by atoms with Crippen LogP contribution in [0.3, 0.4) is 0 Å². The normalized spacial score (nSPS) is 19.9. The molecular weight excluding hydrogens is 548 g/mol. The minimum absolute atomic E-state index is 0.0469. The molecule has 1 aliphatic heterocycles. The molecule has 1 aromatic heterocycles. The number of aromatic nitrogens is 2. The highest BCUT2D eigenvalue weighted by Crippen LogP contribution is 2.37. The highest BCUT2D eigenvalue weighted by Gasteiger charge is 2.44. The summed E-state index contributed by atoms with van der Waals surface area (Å²) in [5.41, 5.74) is 3.04. The van der Waals surface area contributed by atoms with E-state index in [9.17, 15) is 19.2 Å². The number of esters is 4. The molecule has 4 rings (SSSR count). The number of rotatable bonds is 10. The van der Waals surface area contributed by atoms with E-state index in [2.05, 4.69) is 10.2 Å². The van der Waals surface area contributed by atoms with Gasteiger partial charge in [-0.3, -0.25) is 19.2 Å². The Kier molecular flexibility index (Phi) is 10.0. The third kappa shape index (κ3) is 8.00. The van der Waals surface area contributed by atoms with Gasteiger partial charge in [0.15, 0.2) is 6.10 Å². The molecule has 0 saturated carbocycles. The van der Waals surface area contributed by atoms with E-state index in [0.717, 1.165) is 11.1 Å². The maximum absolute atomic E-state index is 12.0. The van der Waals surface area contributed by atoms with Crippen LogP contribution < -0.4 is 0 Å². The van der Waals surface area contributed by atoms with Crippen molar-refractivity contribution < 1.29 is 47.3 Å². The van der Waals surface area contributed by atoms with Crippen molar-refractivity contribution in [1.29, 1.82) is 0 Å². The second-order valence-corrected chi connectivity index (χ2v) is 9.62. The number of nitrogens with zero attached hydrogens (tertiary/aromatic N) is 2. The van der Waals surface area contributed by atoms with Crippen LogP contribution in [0.2, 0.25) is 0 Å². The van der Waals surface area contributed by atoms with E-state index in [4.69, 9.17) is 28.1 Å². The first-order valence-electron chi connectivity index (χ1n) is 13.4. The first kappa shape index (κ1) is 30.4. The summed E-state index contributed by atoms with van der Waals surface area (Å²) in [6, 6.07) is 14.8. The zero-order valence-corrected chi connectivity index (χ0v) is 23.7. The van der Waals surface area contributed by atoms with Crippen LogP contribution in [0, 0.1) is 0 Å². The summed E-state index contributed by atoms with van der Waals surface area (Å²) in [5.74, 6) is -1.58. The number of carbonyl (C=O) groups excluding carboxylic acids is 4. The molecule has 0 radical (unpaired) electrons. The molecule has 4 unspecified atom stereocenters. The lowest BCUT2D eigenvalue weighted by atomic mass is 9.91. The average molecular weight is 581 g/mol.